The number of aliphatic hydroxyl groups excluding tert-OH is 1. The molecule has 2 heterocycles. The number of nitrogens with zero attached hydrogens (tertiary/aromatic N) is 1. The number of benzene rings is 4. The summed E-state index contributed by atoms with van der Waals surface area (Å²) < 4.78 is 20.6. The summed E-state index contributed by atoms with van der Waals surface area (Å²) in [4.78, 5) is 16.8. The van der Waals surface area contributed by atoms with Crippen molar-refractivity contribution in [3.8, 4) is 11.1 Å². The predicted octanol–water partition coefficient (Wildman–Crippen LogP) is 8.45. The number of hydrogen-bond donors (Lipinski definition) is 2. The lowest BCUT2D eigenvalue weighted by Crippen LogP contribution is -2.38. The summed E-state index contributed by atoms with van der Waals surface area (Å²) >= 11 is 3.42. The summed E-state index contributed by atoms with van der Waals surface area (Å²) in [5, 5.41) is 12.4. The van der Waals surface area contributed by atoms with Gasteiger partial charge < -0.3 is 24.6 Å². The third-order valence-electron chi connectivity index (χ3n) is 8.04. The number of aromatic nitrogens is 1. The van der Waals surface area contributed by atoms with Crippen LogP contribution in [0.15, 0.2) is 114 Å². The van der Waals surface area contributed by atoms with Gasteiger partial charge in [0.1, 0.15) is 6.61 Å². The number of hydrogen-bond acceptors (Lipinski definition) is 8. The summed E-state index contributed by atoms with van der Waals surface area (Å²) in [6.07, 6.45) is 0.201. The first-order valence-electron chi connectivity index (χ1n) is 15.2. The third-order valence-corrected chi connectivity index (χ3v) is 10.3. The number of aliphatic hydroxyl groups is 1. The number of amides is 1. The molecule has 1 saturated heterocycles. The first-order valence-corrected chi connectivity index (χ1v) is 17.0. The molecule has 0 aliphatic carbocycles. The van der Waals surface area contributed by atoms with Crippen molar-refractivity contribution in [3.63, 3.8) is 0 Å². The van der Waals surface area contributed by atoms with Crippen molar-refractivity contribution in [2.75, 3.05) is 12.4 Å². The molecule has 0 saturated carbocycles. The Morgan fingerprint density at radius 1 is 1.00 bits per heavy atom. The predicted molar refractivity (Wildman–Crippen MR) is 184 cm³/mol. The van der Waals surface area contributed by atoms with Crippen molar-refractivity contribution >= 4 is 39.4 Å². The second kappa shape index (κ2) is 15.1. The van der Waals surface area contributed by atoms with E-state index in [9.17, 15) is 9.90 Å². The summed E-state index contributed by atoms with van der Waals surface area (Å²) in [7, 11) is 0. The van der Waals surface area contributed by atoms with Crippen LogP contribution in [0.4, 0.5) is 4.79 Å². The number of nitrogens with one attached hydrogen (secondary N) is 1. The molecule has 1 aromatic heterocycles. The molecular weight excluding hydrogens is 617 g/mol. The van der Waals surface area contributed by atoms with E-state index < -0.39 is 12.4 Å². The first-order chi connectivity index (χ1) is 22.5. The summed E-state index contributed by atoms with van der Waals surface area (Å²) in [5.74, 6) is 0.815. The molecule has 2 N–H and O–H groups in total. The van der Waals surface area contributed by atoms with Gasteiger partial charge in [-0.15, -0.1) is 11.3 Å². The molecule has 4 atom stereocenters. The van der Waals surface area contributed by atoms with Crippen molar-refractivity contribution in [3.05, 3.63) is 132 Å². The van der Waals surface area contributed by atoms with Crippen molar-refractivity contribution < 1.29 is 24.1 Å². The van der Waals surface area contributed by atoms with Crippen molar-refractivity contribution in [2.24, 2.45) is 5.92 Å². The van der Waals surface area contributed by atoms with Gasteiger partial charge in [0.2, 0.25) is 0 Å². The quantitative estimate of drug-likeness (QED) is 0.109. The van der Waals surface area contributed by atoms with Gasteiger partial charge in [-0.2, -0.15) is 0 Å². The minimum Gasteiger partial charge on any atom is -0.445 e. The Kier molecular flexibility index (Phi) is 10.5. The van der Waals surface area contributed by atoms with Gasteiger partial charge in [-0.1, -0.05) is 116 Å². The number of para-hydroxylation sites is 1. The molecule has 1 aliphatic rings. The van der Waals surface area contributed by atoms with Gasteiger partial charge in [0.15, 0.2) is 10.6 Å². The van der Waals surface area contributed by atoms with Crippen LogP contribution >= 0.6 is 23.1 Å². The van der Waals surface area contributed by atoms with Crippen LogP contribution < -0.4 is 5.32 Å². The van der Waals surface area contributed by atoms with Crippen LogP contribution in [0.3, 0.4) is 0 Å². The van der Waals surface area contributed by atoms with Crippen molar-refractivity contribution in [2.45, 2.75) is 42.9 Å². The highest BCUT2D eigenvalue weighted by atomic mass is 32.2. The monoisotopic (exact) mass is 652 g/mol. The number of rotatable bonds is 11. The van der Waals surface area contributed by atoms with Gasteiger partial charge in [0.05, 0.1) is 29.0 Å². The molecule has 9 heteroatoms. The molecule has 0 unspecified atom stereocenters. The van der Waals surface area contributed by atoms with Gasteiger partial charge in [-0.3, -0.25) is 0 Å². The van der Waals surface area contributed by atoms with E-state index in [4.69, 9.17) is 19.2 Å². The fraction of sp³-hybridized carbons (Fsp3) is 0.243. The van der Waals surface area contributed by atoms with Crippen LogP contribution in [-0.4, -0.2) is 34.6 Å². The normalized spacial score (nSPS) is 19.5. The maximum absolute atomic E-state index is 12.0. The Morgan fingerprint density at radius 2 is 1.74 bits per heavy atom. The molecule has 1 fully saturated rings. The van der Waals surface area contributed by atoms with Crippen molar-refractivity contribution in [1.82, 2.24) is 10.3 Å². The van der Waals surface area contributed by atoms with Gasteiger partial charge in [-0.05, 0) is 39.9 Å². The molecule has 7 nitrogen and oxygen atoms in total. The van der Waals surface area contributed by atoms with Gasteiger partial charge in [0.25, 0.3) is 0 Å². The highest BCUT2D eigenvalue weighted by molar-refractivity contribution is 8.01. The van der Waals surface area contributed by atoms with E-state index in [2.05, 4.69) is 37.0 Å². The molecule has 46 heavy (non-hydrogen) atoms. The zero-order valence-electron chi connectivity index (χ0n) is 25.5. The number of ether oxygens (including phenoxy) is 3. The summed E-state index contributed by atoms with van der Waals surface area (Å²) in [5.41, 5.74) is 6.86. The number of thioether (sulfide) groups is 1. The average Bonchev–Trinajstić information content (AvgIpc) is 3.53. The van der Waals surface area contributed by atoms with Crippen LogP contribution in [0.25, 0.3) is 21.3 Å². The second-order valence-corrected chi connectivity index (χ2v) is 13.4. The van der Waals surface area contributed by atoms with Crippen LogP contribution in [0.5, 0.6) is 0 Å². The van der Waals surface area contributed by atoms with Crippen molar-refractivity contribution in [1.29, 1.82) is 0 Å². The molecule has 0 bridgehead atoms. The average molecular weight is 653 g/mol. The zero-order valence-corrected chi connectivity index (χ0v) is 27.1. The van der Waals surface area contributed by atoms with E-state index in [0.717, 1.165) is 49.0 Å². The molecule has 236 valence electrons. The molecule has 1 amide bonds. The Labute approximate surface area is 277 Å². The van der Waals surface area contributed by atoms with Crippen LogP contribution in [0.2, 0.25) is 0 Å². The number of carbonyl (C=O) groups excluding carboxylic acids is 1. The minimum absolute atomic E-state index is 0.000533. The Bertz CT molecular complexity index is 1740. The lowest BCUT2D eigenvalue weighted by atomic mass is 9.91. The molecule has 0 radical (unpaired) electrons. The number of carbonyl (C=O) groups is 1. The van der Waals surface area contributed by atoms with E-state index >= 15 is 0 Å². The standard InChI is InChI=1S/C37H36N2O5S2/c1-3-20-42-36(41)38-21-29-8-4-5-9-30(29)26-16-18-28(19-17-26)35-43-32(23-45-37-39-31-10-6-7-11-33(31)46-37)24(2)34(44-35)27-14-12-25(22-40)13-15-27/h3-19,24,32,34-35,40H,1,20-23H2,2H3,(H,38,41)/t24-,32+,34+,35+/m0/s1. The fourth-order valence-corrected chi connectivity index (χ4v) is 7.76. The smallest absolute Gasteiger partial charge is 0.407 e. The molecule has 0 spiro atoms. The highest BCUT2D eigenvalue weighted by Crippen LogP contribution is 2.44. The summed E-state index contributed by atoms with van der Waals surface area (Å²) in [6.45, 7) is 6.25. The second-order valence-electron chi connectivity index (χ2n) is 11.1. The third kappa shape index (κ3) is 7.52. The van der Waals surface area contributed by atoms with E-state index in [1.54, 1.807) is 23.1 Å². The largest absolute Gasteiger partial charge is 0.445 e. The number of alkyl carbamates (subject to hydrolysis) is 1. The van der Waals surface area contributed by atoms with E-state index in [0.29, 0.717) is 6.54 Å². The lowest BCUT2D eigenvalue weighted by molar-refractivity contribution is -0.268. The minimum atomic E-state index is -0.565. The topological polar surface area (TPSA) is 89.9 Å². The Hall–Kier alpha value is -3.99. The maximum Gasteiger partial charge on any atom is 0.407 e. The number of thiazole rings is 1. The van der Waals surface area contributed by atoms with Gasteiger partial charge >= 0.3 is 6.09 Å². The van der Waals surface area contributed by atoms with E-state index in [1.807, 2.05) is 78.9 Å². The molecule has 6 rings (SSSR count). The Morgan fingerprint density at radius 3 is 2.50 bits per heavy atom. The summed E-state index contributed by atoms with van der Waals surface area (Å²) in [6, 6.07) is 32.3. The van der Waals surface area contributed by atoms with Crippen LogP contribution in [0, 0.1) is 5.92 Å². The van der Waals surface area contributed by atoms with E-state index in [1.165, 1.54) is 10.8 Å². The van der Waals surface area contributed by atoms with Crippen LogP contribution in [-0.2, 0) is 27.4 Å². The zero-order chi connectivity index (χ0) is 31.9. The van der Waals surface area contributed by atoms with Crippen LogP contribution in [0.1, 0.15) is 41.6 Å². The lowest BCUT2D eigenvalue weighted by Gasteiger charge is -2.41. The van der Waals surface area contributed by atoms with Gasteiger partial charge in [-0.25, -0.2) is 9.78 Å². The first kappa shape index (κ1) is 32.0. The Balaban J connectivity index is 1.21. The fourth-order valence-electron chi connectivity index (χ4n) is 5.51. The highest BCUT2D eigenvalue weighted by Gasteiger charge is 2.38. The van der Waals surface area contributed by atoms with E-state index in [-0.39, 0.29) is 31.3 Å². The van der Waals surface area contributed by atoms with Gasteiger partial charge in [0, 0.05) is 23.8 Å². The molecule has 5 aromatic rings. The SMILES string of the molecule is C=CCOC(=O)NCc1ccccc1-c1ccc([C@@H]2O[C@H](CSc3nc4ccccc4s3)[C@H](C)[C@H](c3ccc(CO)cc3)O2)cc1. The molecule has 1 aliphatic heterocycles. The molecular formula is C37H36N2O5S2. The molecule has 4 aromatic carbocycles. The number of fused-ring (bicyclic) bond motifs is 1. The maximum atomic E-state index is 12.0.